The third-order valence-corrected chi connectivity index (χ3v) is 2.63. The Morgan fingerprint density at radius 1 is 1.18 bits per heavy atom. The van der Waals surface area contributed by atoms with Gasteiger partial charge in [0.15, 0.2) is 18.2 Å². The number of anilines is 1. The van der Waals surface area contributed by atoms with Crippen LogP contribution in [-0.2, 0) is 4.79 Å². The maximum absolute atomic E-state index is 9.22. The van der Waals surface area contributed by atoms with E-state index in [0.717, 1.165) is 22.9 Å². The van der Waals surface area contributed by atoms with Gasteiger partial charge < -0.3 is 25.3 Å². The fourth-order valence-electron chi connectivity index (χ4n) is 1.73. The molecule has 0 fully saturated rings. The lowest BCUT2D eigenvalue weighted by molar-refractivity contribution is -0.115. The van der Waals surface area contributed by atoms with Crippen molar-refractivity contribution in [3.63, 3.8) is 0 Å². The number of primary amides is 1. The van der Waals surface area contributed by atoms with Crippen molar-refractivity contribution >= 4 is 11.6 Å². The number of nitrogens with two attached hydrogens (primary N) is 1. The van der Waals surface area contributed by atoms with Gasteiger partial charge in [-0.15, -0.1) is 0 Å². The molecular weight excluding hydrogens is 284 g/mol. The molecule has 6 heteroatoms. The first-order chi connectivity index (χ1) is 10.6. The second kappa shape index (κ2) is 7.78. The Bertz CT molecular complexity index is 613. The van der Waals surface area contributed by atoms with Crippen molar-refractivity contribution in [2.45, 2.75) is 6.92 Å². The zero-order chi connectivity index (χ0) is 15.8. The number of ether oxygens (including phenoxy) is 3. The van der Waals surface area contributed by atoms with E-state index in [2.05, 4.69) is 11.1 Å². The normalized spacial score (nSPS) is 11.1. The molecule has 1 aliphatic heterocycles. The van der Waals surface area contributed by atoms with Crippen molar-refractivity contribution < 1.29 is 19.0 Å². The minimum absolute atomic E-state index is 0.291. The fraction of sp³-hybridized carbons (Fsp3) is 0.188. The number of hydrogen-bond acceptors (Lipinski definition) is 5. The average molecular weight is 302 g/mol. The summed E-state index contributed by atoms with van der Waals surface area (Å²) in [5.74, 6) is 2.05. The van der Waals surface area contributed by atoms with Crippen LogP contribution in [0.1, 0.15) is 6.92 Å². The number of benzene rings is 2. The Morgan fingerprint density at radius 2 is 1.86 bits per heavy atom. The summed E-state index contributed by atoms with van der Waals surface area (Å²) in [6.45, 7) is 2.00. The van der Waals surface area contributed by atoms with Crippen molar-refractivity contribution in [1.29, 1.82) is 0 Å². The lowest BCUT2D eigenvalue weighted by Crippen LogP contribution is -2.08. The van der Waals surface area contributed by atoms with Crippen molar-refractivity contribution in [3.05, 3.63) is 48.5 Å². The van der Waals surface area contributed by atoms with Crippen LogP contribution < -0.4 is 25.3 Å². The zero-order valence-corrected chi connectivity index (χ0v) is 12.2. The molecule has 0 aromatic heterocycles. The van der Waals surface area contributed by atoms with Gasteiger partial charge in [0.1, 0.15) is 5.75 Å². The summed E-state index contributed by atoms with van der Waals surface area (Å²) in [6.07, 6.45) is 0. The van der Waals surface area contributed by atoms with Gasteiger partial charge >= 0.3 is 0 Å². The third kappa shape index (κ3) is 4.90. The molecule has 0 radical (unpaired) electrons. The van der Waals surface area contributed by atoms with Gasteiger partial charge in [0.25, 0.3) is 0 Å². The van der Waals surface area contributed by atoms with Gasteiger partial charge in [0.05, 0.1) is 0 Å². The fourth-order valence-corrected chi connectivity index (χ4v) is 1.73. The largest absolute Gasteiger partial charge is 0.473 e. The van der Waals surface area contributed by atoms with Crippen LogP contribution in [0.25, 0.3) is 0 Å². The topological polar surface area (TPSA) is 82.8 Å². The summed E-state index contributed by atoms with van der Waals surface area (Å²) in [5, 5.41) is 3.17. The van der Waals surface area contributed by atoms with Crippen LogP contribution in [0.3, 0.4) is 0 Å². The predicted molar refractivity (Wildman–Crippen MR) is 83.0 cm³/mol. The Morgan fingerprint density at radius 3 is 2.59 bits per heavy atom. The molecule has 0 unspecified atom stereocenters. The van der Waals surface area contributed by atoms with E-state index in [0.29, 0.717) is 13.5 Å². The van der Waals surface area contributed by atoms with Gasteiger partial charge in [-0.2, -0.15) is 0 Å². The summed E-state index contributed by atoms with van der Waals surface area (Å²) in [4.78, 5) is 9.22. The van der Waals surface area contributed by atoms with E-state index in [9.17, 15) is 4.79 Å². The molecule has 22 heavy (non-hydrogen) atoms. The van der Waals surface area contributed by atoms with E-state index < -0.39 is 0 Å². The number of nitrogens with one attached hydrogen (secondary N) is 1. The number of fused-ring (bicyclic) bond motifs is 1. The first kappa shape index (κ1) is 15.5. The lowest BCUT2D eigenvalue weighted by Gasteiger charge is -2.09. The highest BCUT2D eigenvalue weighted by Gasteiger charge is 2.12. The standard InChI is InChI=1S/C14H13NO3.C2H5NO/c1-2-4-12(5-3-1)16-9-15-11-6-7-13-14(8-11)18-10-17-13;1-2(3)4/h1-8,15H,9-10H2;1H3,(H2,3,4). The molecule has 1 amide bonds. The second-order valence-electron chi connectivity index (χ2n) is 4.46. The summed E-state index contributed by atoms with van der Waals surface area (Å²) in [5.41, 5.74) is 5.41. The number of carbonyl (C=O) groups excluding carboxylic acids is 1. The van der Waals surface area contributed by atoms with Crippen LogP contribution in [-0.4, -0.2) is 19.4 Å². The zero-order valence-electron chi connectivity index (χ0n) is 12.2. The van der Waals surface area contributed by atoms with E-state index in [-0.39, 0.29) is 5.91 Å². The highest BCUT2D eigenvalue weighted by atomic mass is 16.7. The molecule has 0 atom stereocenters. The van der Waals surface area contributed by atoms with Crippen molar-refractivity contribution in [2.24, 2.45) is 5.73 Å². The van der Waals surface area contributed by atoms with E-state index in [4.69, 9.17) is 14.2 Å². The van der Waals surface area contributed by atoms with Crippen molar-refractivity contribution in [3.8, 4) is 17.2 Å². The van der Waals surface area contributed by atoms with Crippen LogP contribution in [0.2, 0.25) is 0 Å². The number of hydrogen-bond donors (Lipinski definition) is 2. The molecule has 0 spiro atoms. The molecule has 2 aromatic rings. The van der Waals surface area contributed by atoms with Gasteiger partial charge in [0.2, 0.25) is 12.7 Å². The van der Waals surface area contributed by atoms with Crippen LogP contribution in [0.15, 0.2) is 48.5 Å². The Kier molecular flexibility index (Phi) is 5.48. The molecule has 2 aromatic carbocycles. The molecule has 0 saturated carbocycles. The molecule has 6 nitrogen and oxygen atoms in total. The van der Waals surface area contributed by atoms with E-state index in [1.54, 1.807) is 0 Å². The molecule has 3 N–H and O–H groups in total. The minimum atomic E-state index is -0.333. The molecule has 0 bridgehead atoms. The number of para-hydroxylation sites is 1. The summed E-state index contributed by atoms with van der Waals surface area (Å²) in [6, 6.07) is 15.4. The Hall–Kier alpha value is -2.89. The second-order valence-corrected chi connectivity index (χ2v) is 4.46. The monoisotopic (exact) mass is 302 g/mol. The van der Waals surface area contributed by atoms with Crippen LogP contribution >= 0.6 is 0 Å². The van der Waals surface area contributed by atoms with Crippen LogP contribution in [0.5, 0.6) is 17.2 Å². The SMILES string of the molecule is CC(N)=O.c1ccc(OCNc2ccc3c(c2)OCO3)cc1. The molecule has 0 aliphatic carbocycles. The van der Waals surface area contributed by atoms with E-state index >= 15 is 0 Å². The van der Waals surface area contributed by atoms with Crippen LogP contribution in [0.4, 0.5) is 5.69 Å². The molecule has 116 valence electrons. The first-order valence-electron chi connectivity index (χ1n) is 6.72. The lowest BCUT2D eigenvalue weighted by atomic mass is 10.3. The first-order valence-corrected chi connectivity index (χ1v) is 6.72. The minimum Gasteiger partial charge on any atom is -0.473 e. The van der Waals surface area contributed by atoms with Gasteiger partial charge in [0, 0.05) is 18.7 Å². The quantitative estimate of drug-likeness (QED) is 0.847. The molecule has 1 heterocycles. The Balaban J connectivity index is 0.000000396. The molecule has 3 rings (SSSR count). The average Bonchev–Trinajstić information content (AvgIpc) is 2.95. The summed E-state index contributed by atoms with van der Waals surface area (Å²) >= 11 is 0. The van der Waals surface area contributed by atoms with Crippen LogP contribution in [0, 0.1) is 0 Å². The Labute approximate surface area is 128 Å². The highest BCUT2D eigenvalue weighted by molar-refractivity contribution is 5.70. The predicted octanol–water partition coefficient (Wildman–Crippen LogP) is 2.36. The van der Waals surface area contributed by atoms with Gasteiger partial charge in [-0.3, -0.25) is 4.79 Å². The number of carbonyl (C=O) groups is 1. The number of amides is 1. The van der Waals surface area contributed by atoms with Crippen molar-refractivity contribution in [2.75, 3.05) is 18.8 Å². The molecule has 0 saturated heterocycles. The van der Waals surface area contributed by atoms with E-state index in [1.165, 1.54) is 6.92 Å². The van der Waals surface area contributed by atoms with E-state index in [1.807, 2.05) is 48.5 Å². The maximum Gasteiger partial charge on any atom is 0.231 e. The third-order valence-electron chi connectivity index (χ3n) is 2.63. The van der Waals surface area contributed by atoms with Gasteiger partial charge in [-0.1, -0.05) is 18.2 Å². The smallest absolute Gasteiger partial charge is 0.231 e. The summed E-state index contributed by atoms with van der Waals surface area (Å²) < 4.78 is 16.1. The number of rotatable bonds is 4. The van der Waals surface area contributed by atoms with Gasteiger partial charge in [-0.25, -0.2) is 0 Å². The summed E-state index contributed by atoms with van der Waals surface area (Å²) in [7, 11) is 0. The molecular formula is C16H18N2O4. The van der Waals surface area contributed by atoms with Gasteiger partial charge in [-0.05, 0) is 24.3 Å². The maximum atomic E-state index is 9.22. The highest BCUT2D eigenvalue weighted by Crippen LogP contribution is 2.34. The molecule has 1 aliphatic rings. The van der Waals surface area contributed by atoms with Crippen molar-refractivity contribution in [1.82, 2.24) is 0 Å².